The van der Waals surface area contributed by atoms with Gasteiger partial charge in [-0.3, -0.25) is 9.59 Å². The van der Waals surface area contributed by atoms with E-state index in [1.165, 1.54) is 6.07 Å². The summed E-state index contributed by atoms with van der Waals surface area (Å²) in [6.45, 7) is 5.11. The Morgan fingerprint density at radius 2 is 1.95 bits per heavy atom. The number of carbonyl (C=O) groups is 2. The van der Waals surface area contributed by atoms with Crippen LogP contribution in [0.4, 0.5) is 4.39 Å². The number of carboxylic acid groups (broad SMARTS) is 1. The maximum Gasteiger partial charge on any atom is 0.309 e. The lowest BCUT2D eigenvalue weighted by Crippen LogP contribution is -2.32. The van der Waals surface area contributed by atoms with Gasteiger partial charge < -0.3 is 10.4 Å². The van der Waals surface area contributed by atoms with Gasteiger partial charge in [0.05, 0.1) is 5.41 Å². The van der Waals surface area contributed by atoms with Crippen LogP contribution in [0.1, 0.15) is 36.2 Å². The van der Waals surface area contributed by atoms with Gasteiger partial charge in [0.25, 0.3) is 5.91 Å². The second-order valence-electron chi connectivity index (χ2n) is 5.21. The van der Waals surface area contributed by atoms with Gasteiger partial charge in [0, 0.05) is 12.1 Å². The maximum absolute atomic E-state index is 13.1. The fraction of sp³-hybridized carbons (Fsp3) is 0.429. The molecule has 1 aromatic carbocycles. The summed E-state index contributed by atoms with van der Waals surface area (Å²) in [5.41, 5.74) is 0.00662. The summed E-state index contributed by atoms with van der Waals surface area (Å²) in [5.74, 6) is -1.77. The third-order valence-electron chi connectivity index (χ3n) is 2.92. The van der Waals surface area contributed by atoms with Gasteiger partial charge in [-0.15, -0.1) is 0 Å². The fourth-order valence-electron chi connectivity index (χ4n) is 1.56. The van der Waals surface area contributed by atoms with Crippen molar-refractivity contribution in [1.82, 2.24) is 5.32 Å². The molecule has 104 valence electrons. The van der Waals surface area contributed by atoms with Crippen LogP contribution in [0.15, 0.2) is 18.2 Å². The molecule has 0 aliphatic carbocycles. The van der Waals surface area contributed by atoms with E-state index in [2.05, 4.69) is 5.32 Å². The van der Waals surface area contributed by atoms with E-state index in [0.29, 0.717) is 12.0 Å². The molecule has 0 unspecified atom stereocenters. The Labute approximate surface area is 111 Å². The predicted octanol–water partition coefficient (Wildman–Crippen LogP) is 2.36. The minimum absolute atomic E-state index is 0.230. The Balaban J connectivity index is 2.59. The first-order chi connectivity index (χ1) is 8.72. The fourth-order valence-corrected chi connectivity index (χ4v) is 1.56. The Kier molecular flexibility index (Phi) is 4.64. The summed E-state index contributed by atoms with van der Waals surface area (Å²) in [6.07, 6.45) is 0.308. The van der Waals surface area contributed by atoms with Crippen LogP contribution in [-0.4, -0.2) is 23.5 Å². The first-order valence-corrected chi connectivity index (χ1v) is 6.01. The molecule has 1 aromatic rings. The second kappa shape index (κ2) is 5.82. The third-order valence-corrected chi connectivity index (χ3v) is 2.92. The lowest BCUT2D eigenvalue weighted by molar-refractivity contribution is -0.147. The summed E-state index contributed by atoms with van der Waals surface area (Å²) in [4.78, 5) is 22.7. The molecule has 0 aliphatic rings. The molecule has 0 saturated carbocycles. The Morgan fingerprint density at radius 3 is 2.47 bits per heavy atom. The van der Waals surface area contributed by atoms with Crippen LogP contribution in [0.2, 0.25) is 0 Å². The van der Waals surface area contributed by atoms with Gasteiger partial charge in [-0.25, -0.2) is 4.39 Å². The van der Waals surface area contributed by atoms with Crippen molar-refractivity contribution in [2.75, 3.05) is 6.54 Å². The van der Waals surface area contributed by atoms with Gasteiger partial charge in [0.1, 0.15) is 5.82 Å². The number of hydrogen-bond acceptors (Lipinski definition) is 2. The van der Waals surface area contributed by atoms with Crippen molar-refractivity contribution in [2.45, 2.75) is 27.2 Å². The van der Waals surface area contributed by atoms with Crippen molar-refractivity contribution in [3.8, 4) is 0 Å². The number of carbonyl (C=O) groups excluding carboxylic acids is 1. The maximum atomic E-state index is 13.1. The molecule has 1 amide bonds. The average molecular weight is 267 g/mol. The van der Waals surface area contributed by atoms with Crippen LogP contribution in [0.3, 0.4) is 0 Å². The number of halogens is 1. The van der Waals surface area contributed by atoms with Crippen LogP contribution in [0.25, 0.3) is 0 Å². The first kappa shape index (κ1) is 15.1. The average Bonchev–Trinajstić information content (AvgIpc) is 2.27. The van der Waals surface area contributed by atoms with E-state index in [9.17, 15) is 14.0 Å². The topological polar surface area (TPSA) is 66.4 Å². The number of amides is 1. The van der Waals surface area contributed by atoms with E-state index in [1.807, 2.05) is 0 Å². The summed E-state index contributed by atoms with van der Waals surface area (Å²) in [5, 5.41) is 11.5. The number of benzene rings is 1. The molecule has 0 fully saturated rings. The summed E-state index contributed by atoms with van der Waals surface area (Å²) in [7, 11) is 0. The van der Waals surface area contributed by atoms with Gasteiger partial charge in [0.2, 0.25) is 0 Å². The predicted molar refractivity (Wildman–Crippen MR) is 69.5 cm³/mol. The first-order valence-electron chi connectivity index (χ1n) is 6.01. The van der Waals surface area contributed by atoms with Gasteiger partial charge in [-0.2, -0.15) is 0 Å². The third kappa shape index (κ3) is 4.35. The molecule has 0 heterocycles. The van der Waals surface area contributed by atoms with Crippen LogP contribution < -0.4 is 5.32 Å². The van der Waals surface area contributed by atoms with Gasteiger partial charge >= 0.3 is 5.97 Å². The molecular weight excluding hydrogens is 249 g/mol. The minimum Gasteiger partial charge on any atom is -0.481 e. The molecule has 0 atom stereocenters. The molecule has 0 radical (unpaired) electrons. The molecule has 0 saturated heterocycles. The molecule has 0 aromatic heterocycles. The number of rotatable bonds is 5. The van der Waals surface area contributed by atoms with Gasteiger partial charge in [-0.1, -0.05) is 0 Å². The number of aryl methyl sites for hydroxylation is 1. The normalized spacial score (nSPS) is 11.2. The zero-order chi connectivity index (χ0) is 14.6. The van der Waals surface area contributed by atoms with Crippen molar-refractivity contribution >= 4 is 11.9 Å². The van der Waals surface area contributed by atoms with E-state index >= 15 is 0 Å². The van der Waals surface area contributed by atoms with Crippen molar-refractivity contribution < 1.29 is 19.1 Å². The zero-order valence-electron chi connectivity index (χ0n) is 11.3. The van der Waals surface area contributed by atoms with Crippen molar-refractivity contribution in [2.24, 2.45) is 5.41 Å². The van der Waals surface area contributed by atoms with Gasteiger partial charge in [-0.05, 0) is 51.0 Å². The Bertz CT molecular complexity index is 477. The lowest BCUT2D eigenvalue weighted by Gasteiger charge is -2.18. The number of nitrogens with one attached hydrogen (secondary N) is 1. The smallest absolute Gasteiger partial charge is 0.309 e. The molecule has 19 heavy (non-hydrogen) atoms. The number of carboxylic acids is 1. The zero-order valence-corrected chi connectivity index (χ0v) is 11.3. The monoisotopic (exact) mass is 267 g/mol. The van der Waals surface area contributed by atoms with Gasteiger partial charge in [0.15, 0.2) is 0 Å². The quantitative estimate of drug-likeness (QED) is 0.860. The van der Waals surface area contributed by atoms with Crippen molar-refractivity contribution in [1.29, 1.82) is 0 Å². The van der Waals surface area contributed by atoms with Crippen molar-refractivity contribution in [3.05, 3.63) is 35.1 Å². The van der Waals surface area contributed by atoms with E-state index < -0.39 is 23.1 Å². The molecule has 5 heteroatoms. The molecule has 4 nitrogen and oxygen atoms in total. The standard InChI is InChI=1S/C14H18FNO3/c1-9-6-10(8-11(15)7-9)12(17)16-5-4-14(2,3)13(18)19/h6-8H,4-5H2,1-3H3,(H,16,17)(H,18,19). The highest BCUT2D eigenvalue weighted by Gasteiger charge is 2.26. The lowest BCUT2D eigenvalue weighted by atomic mass is 9.90. The minimum atomic E-state index is -0.914. The molecule has 0 spiro atoms. The second-order valence-corrected chi connectivity index (χ2v) is 5.21. The molecule has 2 N–H and O–H groups in total. The highest BCUT2D eigenvalue weighted by atomic mass is 19.1. The summed E-state index contributed by atoms with van der Waals surface area (Å²) < 4.78 is 13.1. The molecule has 1 rings (SSSR count). The Hall–Kier alpha value is -1.91. The summed E-state index contributed by atoms with van der Waals surface area (Å²) >= 11 is 0. The number of aliphatic carboxylic acids is 1. The molecule has 0 bridgehead atoms. The highest BCUT2D eigenvalue weighted by Crippen LogP contribution is 2.19. The van der Waals surface area contributed by atoms with Crippen molar-refractivity contribution in [3.63, 3.8) is 0 Å². The van der Waals surface area contributed by atoms with E-state index in [0.717, 1.165) is 6.07 Å². The van der Waals surface area contributed by atoms with E-state index in [4.69, 9.17) is 5.11 Å². The van der Waals surface area contributed by atoms with Crippen LogP contribution >= 0.6 is 0 Å². The Morgan fingerprint density at radius 1 is 1.32 bits per heavy atom. The van der Waals surface area contributed by atoms with Crippen LogP contribution in [0, 0.1) is 18.2 Å². The SMILES string of the molecule is Cc1cc(F)cc(C(=O)NCCC(C)(C)C(=O)O)c1. The number of hydrogen-bond donors (Lipinski definition) is 2. The van der Waals surface area contributed by atoms with E-state index in [-0.39, 0.29) is 12.1 Å². The largest absolute Gasteiger partial charge is 0.481 e. The van der Waals surface area contributed by atoms with Crippen LogP contribution in [-0.2, 0) is 4.79 Å². The molecular formula is C14H18FNO3. The summed E-state index contributed by atoms with van der Waals surface area (Å²) in [6, 6.07) is 4.08. The molecule has 0 aliphatic heterocycles. The van der Waals surface area contributed by atoms with Crippen LogP contribution in [0.5, 0.6) is 0 Å². The van der Waals surface area contributed by atoms with E-state index in [1.54, 1.807) is 26.8 Å². The highest BCUT2D eigenvalue weighted by molar-refractivity contribution is 5.94.